The minimum absolute atomic E-state index is 0.000654. The Hall–Kier alpha value is -12.6. The molecule has 8 aromatic heterocycles. The van der Waals surface area contributed by atoms with Crippen molar-refractivity contribution in [3.05, 3.63) is 238 Å². The molecule has 9 atom stereocenters. The fraction of sp³-hybridized carbons (Fsp3) is 0.356. The van der Waals surface area contributed by atoms with Gasteiger partial charge in [0.05, 0.1) is 111 Å². The van der Waals surface area contributed by atoms with Crippen molar-refractivity contribution < 1.29 is 31.4 Å². The monoisotopic (exact) mass is 1780 g/mol. The number of nitrogens with zero attached hydrogens (tertiary/aromatic N) is 23. The van der Waals surface area contributed by atoms with Gasteiger partial charge in [-0.15, -0.1) is 0 Å². The molecular formula is C87H99Cl4FN28O5. The summed E-state index contributed by atoms with van der Waals surface area (Å²) in [5.41, 5.74) is 7.82. The van der Waals surface area contributed by atoms with Crippen LogP contribution in [0.4, 0.5) is 70.6 Å². The number of carbonyl (C=O) groups excluding carboxylic acids is 4. The topological polar surface area (TPSA) is 346 Å². The van der Waals surface area contributed by atoms with Crippen LogP contribution in [0.25, 0.3) is 22.7 Å². The number of halogens is 5. The normalized spacial score (nSPS) is 18.8. The Bertz CT molecular complexity index is 5870. The molecule has 12 aromatic rings. The molecule has 4 aromatic carbocycles. The van der Waals surface area contributed by atoms with Crippen molar-refractivity contribution in [1.82, 2.24) is 98.1 Å². The molecule has 12 heterocycles. The van der Waals surface area contributed by atoms with Crippen LogP contribution < -0.4 is 46.2 Å². The molecule has 1 unspecified atom stereocenters. The number of hydrogen-bond acceptors (Lipinski definition) is 21. The number of benzene rings is 4. The van der Waals surface area contributed by atoms with Gasteiger partial charge in [-0.25, -0.2) is 63.4 Å². The third-order valence-electron chi connectivity index (χ3n) is 21.8. The highest BCUT2D eigenvalue weighted by Crippen LogP contribution is 2.41. The number of rotatable bonds is 24. The quantitative estimate of drug-likeness (QED) is 0.0327. The zero-order valence-electron chi connectivity index (χ0n) is 73.0. The summed E-state index contributed by atoms with van der Waals surface area (Å²) < 4.78 is 38.6. The van der Waals surface area contributed by atoms with Crippen molar-refractivity contribution in [2.45, 2.75) is 137 Å². The van der Waals surface area contributed by atoms with Gasteiger partial charge < -0.3 is 64.7 Å². The summed E-state index contributed by atoms with van der Waals surface area (Å²) in [7, 11) is 5.26. The lowest BCUT2D eigenvalue weighted by atomic mass is 10.0. The molecular weight excluding hydrogens is 1680 g/mol. The van der Waals surface area contributed by atoms with E-state index in [1.165, 1.54) is 27.5 Å². The molecule has 0 bridgehead atoms. The predicted octanol–water partition coefficient (Wildman–Crippen LogP) is 16.1. The molecule has 6 N–H and O–H groups in total. The van der Waals surface area contributed by atoms with Crippen molar-refractivity contribution in [2.75, 3.05) is 88.1 Å². The Morgan fingerprint density at radius 3 is 1.22 bits per heavy atom. The molecule has 17 rings (SSSR count). The van der Waals surface area contributed by atoms with E-state index >= 15 is 0 Å². The summed E-state index contributed by atoms with van der Waals surface area (Å²) in [5.74, 6) is 2.77. The largest absolute Gasteiger partial charge is 0.391 e. The van der Waals surface area contributed by atoms with Crippen molar-refractivity contribution >= 4 is 118 Å². The average molecular weight is 1780 g/mol. The van der Waals surface area contributed by atoms with Gasteiger partial charge in [-0.05, 0) is 181 Å². The van der Waals surface area contributed by atoms with E-state index < -0.39 is 30.5 Å². The Kier molecular flexibility index (Phi) is 26.6. The van der Waals surface area contributed by atoms with Crippen LogP contribution in [-0.2, 0) is 0 Å². The molecule has 4 saturated heterocycles. The number of aliphatic hydroxyl groups is 1. The summed E-state index contributed by atoms with van der Waals surface area (Å²) >= 11 is 23.9. The number of hydrogen-bond donors (Lipinski definition) is 6. The van der Waals surface area contributed by atoms with Crippen LogP contribution in [-0.4, -0.2) is 200 Å². The lowest BCUT2D eigenvalue weighted by molar-refractivity contribution is 0.164. The second kappa shape index (κ2) is 38.6. The molecule has 5 fully saturated rings. The Labute approximate surface area is 746 Å². The zero-order valence-corrected chi connectivity index (χ0v) is 74.1. The third kappa shape index (κ3) is 20.9. The van der Waals surface area contributed by atoms with Crippen molar-refractivity contribution in [3.8, 4) is 22.7 Å². The van der Waals surface area contributed by atoms with Crippen LogP contribution in [0.5, 0.6) is 0 Å². The Morgan fingerprint density at radius 2 is 0.808 bits per heavy atom. The van der Waals surface area contributed by atoms with Crippen LogP contribution in [0, 0.1) is 30.5 Å². The standard InChI is InChI=1S/C23H26ClN7O.C22H25ClFN7O.C21H24ClN7O2.C21H24ClN7O/c1-14-10-21(31-20(16-4-5-16)12-29(3)23(31)32)28-22(26-14)27-15(2)19-11-30(13-25-19)18-8-6-17(24)7-9-18;1-13(2)19-11-29(4)22(32)31(19)20-17(24)9-25-21(28-20)27-14(3)18-10-30(12-26-18)16-7-5-15(23)6-8-16;1-13(17-10-28(12-24-17)16-6-4-15(22)5-7-16)25-20-23-9-8-19(26-20)29-18(14(2)30)11-27(3)21(29)31;1-13(2)18-10-24-21(30)29(18)19-8-9-23-20(27-19)26-14(3)17-11-28(12-25-17)16-6-4-15(22)5-7-16/h6-11,13,15-16,20H,4-5,12H2,1-3H3,(H,26,27,28);5-10,12-14,19H,11H2,1-4H3,(H,25,27,28);4-10,12-14,18,30H,11H2,1-3H3,(H,23,25,26);4-9,11-14,18H,10H2,1-3H3,(H,24,30)(H,23,26,27)/t15-,20+;14-,19+;13-,14+,18?;14-,18+/m0000/s1/i;;;10D2. The Morgan fingerprint density at radius 1 is 0.440 bits per heavy atom. The predicted molar refractivity (Wildman–Crippen MR) is 482 cm³/mol. The number of aromatic nitrogens is 16. The molecule has 652 valence electrons. The van der Waals surface area contributed by atoms with Gasteiger partial charge in [0.25, 0.3) is 0 Å². The van der Waals surface area contributed by atoms with Gasteiger partial charge in [0.1, 0.15) is 17.5 Å². The SMILES string of the molecule is CC(C)[C@H]1CN(C)C(=O)N1c1nc(N[C@@H](C)c2cn(-c3ccc(Cl)cc3)cn2)ncc1F.C[C@H](Nc1nccc(N2C(=O)N(C)CC2[C@@H](C)O)n1)c1cn(-c2ccc(Cl)cc2)cn1.Cc1cc(N2C(=O)N(C)C[C@@H]2C2CC2)nc(N[C@@H](C)c2cn(-c3ccc(Cl)cc3)cn2)n1.[2H]C1([2H])NC(=O)N(c2ccnc(N[C@@H](C)c3cn(-c4ccc(Cl)cc4)cn3)n2)[C@H]1C(C)C. The number of nitrogens with one attached hydrogen (secondary N) is 5. The summed E-state index contributed by atoms with van der Waals surface area (Å²) in [6, 6.07) is 32.3. The van der Waals surface area contributed by atoms with E-state index in [9.17, 15) is 28.7 Å². The van der Waals surface area contributed by atoms with Crippen LogP contribution in [0.15, 0.2) is 184 Å². The molecule has 4 aliphatic heterocycles. The van der Waals surface area contributed by atoms with Gasteiger partial charge in [0.15, 0.2) is 11.6 Å². The zero-order chi connectivity index (χ0) is 90.6. The first-order valence-electron chi connectivity index (χ1n) is 41.8. The smallest absolute Gasteiger partial charge is 0.325 e. The van der Waals surface area contributed by atoms with E-state index in [4.69, 9.17) is 54.1 Å². The van der Waals surface area contributed by atoms with Crippen molar-refractivity contribution in [1.29, 1.82) is 0 Å². The van der Waals surface area contributed by atoms with Gasteiger partial charge >= 0.3 is 24.1 Å². The second-order valence-electron chi connectivity index (χ2n) is 32.0. The Balaban J connectivity index is 0.000000137. The molecule has 125 heavy (non-hydrogen) atoms. The maximum atomic E-state index is 14.6. The van der Waals surface area contributed by atoms with Gasteiger partial charge in [-0.1, -0.05) is 74.1 Å². The molecule has 1 aliphatic carbocycles. The summed E-state index contributed by atoms with van der Waals surface area (Å²) in [6.45, 7) is 19.0. The van der Waals surface area contributed by atoms with Gasteiger partial charge in [0, 0.05) is 139 Å². The van der Waals surface area contributed by atoms with E-state index in [1.54, 1.807) is 85.6 Å². The fourth-order valence-electron chi connectivity index (χ4n) is 14.7. The summed E-state index contributed by atoms with van der Waals surface area (Å²) in [6.07, 6.45) is 20.5. The number of anilines is 8. The minimum Gasteiger partial charge on any atom is -0.391 e. The maximum absolute atomic E-state index is 14.6. The van der Waals surface area contributed by atoms with Crippen LogP contribution in [0.3, 0.4) is 0 Å². The first kappa shape index (κ1) is 85.9. The molecule has 1 saturated carbocycles. The van der Waals surface area contributed by atoms with Gasteiger partial charge in [0.2, 0.25) is 23.8 Å². The third-order valence-corrected chi connectivity index (χ3v) is 22.8. The lowest BCUT2D eigenvalue weighted by Gasteiger charge is -2.25. The van der Waals surface area contributed by atoms with E-state index in [0.717, 1.165) is 64.0 Å². The fourth-order valence-corrected chi connectivity index (χ4v) is 15.2. The van der Waals surface area contributed by atoms with Crippen LogP contribution in [0.2, 0.25) is 20.1 Å². The number of aliphatic hydroxyl groups excluding tert-OH is 1. The van der Waals surface area contributed by atoms with Gasteiger partial charge in [-0.3, -0.25) is 19.6 Å². The number of imidazole rings is 4. The highest BCUT2D eigenvalue weighted by Gasteiger charge is 2.47. The number of carbonyl (C=O) groups is 4. The maximum Gasteiger partial charge on any atom is 0.325 e. The molecule has 0 spiro atoms. The van der Waals surface area contributed by atoms with E-state index in [1.807, 2.05) is 220 Å². The van der Waals surface area contributed by atoms with E-state index in [-0.39, 0.29) is 84.0 Å². The van der Waals surface area contributed by atoms with Crippen LogP contribution in [0.1, 0.15) is 131 Å². The highest BCUT2D eigenvalue weighted by molar-refractivity contribution is 6.31. The minimum atomic E-state index is -1.86. The first-order valence-corrected chi connectivity index (χ1v) is 42.4. The number of aryl methyl sites for hydroxylation is 1. The molecule has 38 heteroatoms. The number of amides is 8. The second-order valence-corrected chi connectivity index (χ2v) is 33.7. The molecule has 5 aliphatic rings. The summed E-state index contributed by atoms with van der Waals surface area (Å²) in [5, 5.41) is 28.1. The van der Waals surface area contributed by atoms with Crippen molar-refractivity contribution in [2.24, 2.45) is 17.8 Å². The summed E-state index contributed by atoms with van der Waals surface area (Å²) in [4.78, 5) is 115. The van der Waals surface area contributed by atoms with E-state index in [2.05, 4.69) is 81.4 Å². The average Bonchev–Trinajstić information content (AvgIpc) is 1.62. The lowest BCUT2D eigenvalue weighted by Crippen LogP contribution is -2.41. The molecule has 8 amide bonds. The van der Waals surface area contributed by atoms with Crippen molar-refractivity contribution in [3.63, 3.8) is 0 Å². The highest BCUT2D eigenvalue weighted by atomic mass is 35.5. The van der Waals surface area contributed by atoms with Gasteiger partial charge in [-0.2, -0.15) is 19.9 Å². The van der Waals surface area contributed by atoms with E-state index in [0.29, 0.717) is 74.4 Å². The number of likely N-dealkylation sites (N-methyl/N-ethyl adjacent to an activating group) is 3. The molecule has 0 radical (unpaired) electrons. The first-order chi connectivity index (χ1) is 60.6. The van der Waals surface area contributed by atoms with Crippen LogP contribution >= 0.6 is 46.4 Å². The number of urea groups is 4. The molecule has 33 nitrogen and oxygen atoms in total.